The van der Waals surface area contributed by atoms with Crippen LogP contribution >= 0.6 is 0 Å². The third kappa shape index (κ3) is 2.44. The Morgan fingerprint density at radius 3 is 3.17 bits per heavy atom. The molecule has 0 fully saturated rings. The van der Waals surface area contributed by atoms with Crippen LogP contribution in [-0.2, 0) is 11.2 Å². The number of carbonyl (C=O) groups excluding carboxylic acids is 1. The van der Waals surface area contributed by atoms with Gasteiger partial charge in [-0.15, -0.1) is 0 Å². The summed E-state index contributed by atoms with van der Waals surface area (Å²) < 4.78 is 0. The molecule has 1 aliphatic carbocycles. The lowest BCUT2D eigenvalue weighted by Crippen LogP contribution is -2.46. The summed E-state index contributed by atoms with van der Waals surface area (Å²) in [4.78, 5) is 18.1. The summed E-state index contributed by atoms with van der Waals surface area (Å²) in [6, 6.07) is 6.68. The van der Waals surface area contributed by atoms with Crippen LogP contribution in [0.1, 0.15) is 17.5 Å². The zero-order chi connectivity index (χ0) is 16.7. The first-order valence-electron chi connectivity index (χ1n) is 8.59. The lowest BCUT2D eigenvalue weighted by Gasteiger charge is -2.39. The maximum absolute atomic E-state index is 12.5. The molecule has 0 unspecified atom stereocenters. The molecule has 4 rings (SSSR count). The summed E-state index contributed by atoms with van der Waals surface area (Å²) in [5.41, 5.74) is 5.04. The van der Waals surface area contributed by atoms with Crippen LogP contribution in [0.15, 0.2) is 30.5 Å². The molecule has 2 aliphatic rings. The Bertz CT molecular complexity index is 808. The maximum Gasteiger partial charge on any atom is 0.228 e. The predicted molar refractivity (Wildman–Crippen MR) is 94.6 cm³/mol. The van der Waals surface area contributed by atoms with Gasteiger partial charge in [-0.05, 0) is 42.7 Å². The number of hydrogen-bond acceptors (Lipinski definition) is 3. The first-order chi connectivity index (χ1) is 11.7. The summed E-state index contributed by atoms with van der Waals surface area (Å²) >= 11 is 0. The molecule has 1 amide bonds. The molecule has 126 valence electrons. The largest absolute Gasteiger partial charge is 0.396 e. The Morgan fingerprint density at radius 1 is 1.46 bits per heavy atom. The predicted octanol–water partition coefficient (Wildman–Crippen LogP) is 1.54. The number of nitrogens with zero attached hydrogens (tertiary/aromatic N) is 1. The summed E-state index contributed by atoms with van der Waals surface area (Å²) in [6.07, 6.45) is 5.86. The fraction of sp³-hybridized carbons (Fsp3) is 0.421. The molecule has 1 aromatic heterocycles. The number of H-pyrrole nitrogens is 1. The van der Waals surface area contributed by atoms with Crippen LogP contribution in [0.25, 0.3) is 16.5 Å². The highest BCUT2D eigenvalue weighted by Crippen LogP contribution is 2.40. The number of amides is 1. The fourth-order valence-electron chi connectivity index (χ4n) is 4.04. The van der Waals surface area contributed by atoms with Gasteiger partial charge in [0.2, 0.25) is 5.91 Å². The van der Waals surface area contributed by atoms with Crippen LogP contribution in [0.3, 0.4) is 0 Å². The number of benzene rings is 1. The number of likely N-dealkylation sites (N-methyl/N-ethyl adjacent to an activating group) is 1. The monoisotopic (exact) mass is 325 g/mol. The lowest BCUT2D eigenvalue weighted by atomic mass is 9.80. The topological polar surface area (TPSA) is 68.4 Å². The molecule has 0 radical (unpaired) electrons. The number of carbonyl (C=O) groups is 1. The highest BCUT2D eigenvalue weighted by atomic mass is 16.3. The minimum atomic E-state index is -0.143. The van der Waals surface area contributed by atoms with Crippen LogP contribution in [0, 0.1) is 5.92 Å². The van der Waals surface area contributed by atoms with Gasteiger partial charge in [-0.25, -0.2) is 0 Å². The van der Waals surface area contributed by atoms with E-state index in [1.807, 2.05) is 0 Å². The number of fused-ring (bicyclic) bond motifs is 2. The highest BCUT2D eigenvalue weighted by molar-refractivity contribution is 5.99. The van der Waals surface area contributed by atoms with E-state index in [9.17, 15) is 4.79 Å². The van der Waals surface area contributed by atoms with Crippen LogP contribution < -0.4 is 5.32 Å². The molecule has 0 saturated heterocycles. The van der Waals surface area contributed by atoms with E-state index < -0.39 is 0 Å². The molecular formula is C19H23N3O2. The highest BCUT2D eigenvalue weighted by Gasteiger charge is 2.35. The van der Waals surface area contributed by atoms with Gasteiger partial charge >= 0.3 is 0 Å². The van der Waals surface area contributed by atoms with E-state index in [4.69, 9.17) is 5.11 Å². The van der Waals surface area contributed by atoms with Crippen molar-refractivity contribution in [2.24, 2.45) is 5.92 Å². The second kappa shape index (κ2) is 6.07. The van der Waals surface area contributed by atoms with Gasteiger partial charge in [0.05, 0.1) is 5.92 Å². The van der Waals surface area contributed by atoms with Gasteiger partial charge in [-0.2, -0.15) is 0 Å². The average molecular weight is 325 g/mol. The smallest absolute Gasteiger partial charge is 0.228 e. The fourth-order valence-corrected chi connectivity index (χ4v) is 4.04. The molecule has 1 aliphatic heterocycles. The Kier molecular flexibility index (Phi) is 3.90. The van der Waals surface area contributed by atoms with Gasteiger partial charge in [0.25, 0.3) is 0 Å². The first-order valence-corrected chi connectivity index (χ1v) is 8.59. The third-order valence-corrected chi connectivity index (χ3v) is 5.24. The Labute approximate surface area is 141 Å². The first kappa shape index (κ1) is 15.4. The van der Waals surface area contributed by atoms with Crippen LogP contribution in [0.2, 0.25) is 0 Å². The van der Waals surface area contributed by atoms with Crippen molar-refractivity contribution >= 4 is 22.4 Å². The molecule has 0 spiro atoms. The van der Waals surface area contributed by atoms with Crippen LogP contribution in [0.5, 0.6) is 0 Å². The Hall–Kier alpha value is -2.11. The number of aromatic amines is 1. The summed E-state index contributed by atoms with van der Waals surface area (Å²) in [5, 5.41) is 13.1. The van der Waals surface area contributed by atoms with Gasteiger partial charge in [0.1, 0.15) is 0 Å². The third-order valence-electron chi connectivity index (χ3n) is 5.24. The molecule has 5 heteroatoms. The van der Waals surface area contributed by atoms with Gasteiger partial charge < -0.3 is 15.4 Å². The minimum absolute atomic E-state index is 0.0493. The van der Waals surface area contributed by atoms with Crippen molar-refractivity contribution in [3.63, 3.8) is 0 Å². The second-order valence-electron chi connectivity index (χ2n) is 6.80. The summed E-state index contributed by atoms with van der Waals surface area (Å²) in [5.74, 6) is -0.0935. The zero-order valence-corrected chi connectivity index (χ0v) is 13.9. The molecule has 0 saturated carbocycles. The number of aliphatic hydroxyl groups excluding tert-OH is 1. The van der Waals surface area contributed by atoms with E-state index in [0.717, 1.165) is 13.0 Å². The lowest BCUT2D eigenvalue weighted by molar-refractivity contribution is -0.124. The van der Waals surface area contributed by atoms with Crippen molar-refractivity contribution in [1.82, 2.24) is 15.2 Å². The number of aromatic nitrogens is 1. The Balaban J connectivity index is 1.69. The average Bonchev–Trinajstić information content (AvgIpc) is 3.00. The van der Waals surface area contributed by atoms with Gasteiger partial charge in [0, 0.05) is 42.8 Å². The van der Waals surface area contributed by atoms with E-state index in [-0.39, 0.29) is 18.4 Å². The number of rotatable bonds is 4. The minimum Gasteiger partial charge on any atom is -0.396 e. The zero-order valence-electron chi connectivity index (χ0n) is 13.9. The SMILES string of the molecule is CN1C[C@H](C(=O)NCCCO)C=C2c3cccc4[nH]cc(c34)C[C@H]21. The normalized spacial score (nSPS) is 23.0. The van der Waals surface area contributed by atoms with Crippen LogP contribution in [-0.4, -0.2) is 53.7 Å². The summed E-state index contributed by atoms with van der Waals surface area (Å²) in [7, 11) is 2.10. The van der Waals surface area contributed by atoms with Crippen molar-refractivity contribution < 1.29 is 9.90 Å². The van der Waals surface area contributed by atoms with Crippen molar-refractivity contribution in [3.8, 4) is 0 Å². The van der Waals surface area contributed by atoms with E-state index in [2.05, 4.69) is 52.7 Å². The molecule has 5 nitrogen and oxygen atoms in total. The van der Waals surface area contributed by atoms with Crippen molar-refractivity contribution in [1.29, 1.82) is 0 Å². The maximum atomic E-state index is 12.5. The van der Waals surface area contributed by atoms with Gasteiger partial charge in [0.15, 0.2) is 0 Å². The summed E-state index contributed by atoms with van der Waals surface area (Å²) in [6.45, 7) is 1.36. The molecule has 3 N–H and O–H groups in total. The van der Waals surface area contributed by atoms with Crippen molar-refractivity contribution in [3.05, 3.63) is 41.6 Å². The molecular weight excluding hydrogens is 302 g/mol. The quantitative estimate of drug-likeness (QED) is 0.747. The molecule has 2 aromatic rings. The van der Waals surface area contributed by atoms with Crippen LogP contribution in [0.4, 0.5) is 0 Å². The van der Waals surface area contributed by atoms with E-state index in [1.54, 1.807) is 0 Å². The molecule has 2 atom stereocenters. The van der Waals surface area contributed by atoms with E-state index >= 15 is 0 Å². The number of nitrogens with one attached hydrogen (secondary N) is 2. The molecule has 0 bridgehead atoms. The van der Waals surface area contributed by atoms with Gasteiger partial charge in [-0.1, -0.05) is 18.2 Å². The van der Waals surface area contributed by atoms with Crippen molar-refractivity contribution in [2.45, 2.75) is 18.9 Å². The molecule has 2 heterocycles. The number of hydrogen-bond donors (Lipinski definition) is 3. The van der Waals surface area contributed by atoms with E-state index in [0.29, 0.717) is 19.0 Å². The molecule has 1 aromatic carbocycles. The molecule has 24 heavy (non-hydrogen) atoms. The Morgan fingerprint density at radius 2 is 2.33 bits per heavy atom. The standard InChI is InChI=1S/C19H23N3O2/c1-22-11-13(19(24)20-6-3-7-23)8-15-14-4-2-5-16-18(14)12(10-21-16)9-17(15)22/h2,4-5,8,10,13,17,21,23H,3,6-7,9,11H2,1H3,(H,20,24)/t13-,17-/m1/s1. The van der Waals surface area contributed by atoms with Gasteiger partial charge in [-0.3, -0.25) is 9.69 Å². The second-order valence-corrected chi connectivity index (χ2v) is 6.80. The van der Waals surface area contributed by atoms with Crippen molar-refractivity contribution in [2.75, 3.05) is 26.7 Å². The van der Waals surface area contributed by atoms with E-state index in [1.165, 1.54) is 27.6 Å². The number of aliphatic hydroxyl groups is 1.